The summed E-state index contributed by atoms with van der Waals surface area (Å²) in [6.45, 7) is 5.25. The van der Waals surface area contributed by atoms with Crippen LogP contribution in [0.2, 0.25) is 0 Å². The Morgan fingerprint density at radius 1 is 1.13 bits per heavy atom. The van der Waals surface area contributed by atoms with Crippen molar-refractivity contribution in [1.29, 1.82) is 0 Å². The number of hydrogen-bond donors (Lipinski definition) is 2. The van der Waals surface area contributed by atoms with Gasteiger partial charge >= 0.3 is 5.97 Å². The lowest BCUT2D eigenvalue weighted by Gasteiger charge is -2.30. The summed E-state index contributed by atoms with van der Waals surface area (Å²) in [6.07, 6.45) is 4.30. The van der Waals surface area contributed by atoms with Gasteiger partial charge in [-0.15, -0.1) is 0 Å². The second-order valence-corrected chi connectivity index (χ2v) is 8.94. The van der Waals surface area contributed by atoms with Crippen molar-refractivity contribution in [3.63, 3.8) is 0 Å². The quantitative estimate of drug-likeness (QED) is 0.527. The molecule has 6 heteroatoms. The number of ether oxygens (including phenoxy) is 1. The van der Waals surface area contributed by atoms with Gasteiger partial charge in [-0.3, -0.25) is 0 Å². The molecule has 3 aromatic rings. The zero-order chi connectivity index (χ0) is 22.0. The average molecular weight is 423 g/mol. The van der Waals surface area contributed by atoms with Crippen LogP contribution in [0.3, 0.4) is 0 Å². The van der Waals surface area contributed by atoms with Gasteiger partial charge in [0, 0.05) is 18.0 Å². The molecule has 1 aliphatic carbocycles. The topological polar surface area (TPSA) is 84.6 Å². The van der Waals surface area contributed by atoms with Crippen LogP contribution in [0, 0.1) is 0 Å². The fourth-order valence-corrected chi connectivity index (χ4v) is 4.18. The van der Waals surface area contributed by atoms with Crippen LogP contribution in [0.1, 0.15) is 69.9 Å². The zero-order valence-corrected chi connectivity index (χ0v) is 18.3. The lowest BCUT2D eigenvalue weighted by molar-refractivity contribution is -0.152. The maximum atomic E-state index is 11.2. The Hall–Kier alpha value is -2.86. The summed E-state index contributed by atoms with van der Waals surface area (Å²) in [5, 5.41) is 12.9. The third kappa shape index (κ3) is 4.90. The minimum absolute atomic E-state index is 0.201. The Morgan fingerprint density at radius 2 is 1.81 bits per heavy atom. The van der Waals surface area contributed by atoms with Crippen LogP contribution in [0.15, 0.2) is 52.9 Å². The summed E-state index contributed by atoms with van der Waals surface area (Å²) in [6, 6.07) is 16.3. The van der Waals surface area contributed by atoms with Crippen molar-refractivity contribution >= 4 is 17.1 Å². The molecule has 0 bridgehead atoms. The second-order valence-electron chi connectivity index (χ2n) is 8.94. The maximum Gasteiger partial charge on any atom is 0.347 e. The van der Waals surface area contributed by atoms with Gasteiger partial charge < -0.3 is 19.6 Å². The summed E-state index contributed by atoms with van der Waals surface area (Å²) >= 11 is 0. The van der Waals surface area contributed by atoms with Crippen LogP contribution >= 0.6 is 0 Å². The molecular formula is C25H30N2O4. The molecule has 1 aromatic heterocycles. The van der Waals surface area contributed by atoms with E-state index in [1.54, 1.807) is 13.8 Å². The van der Waals surface area contributed by atoms with E-state index in [9.17, 15) is 9.90 Å². The van der Waals surface area contributed by atoms with Crippen molar-refractivity contribution in [2.75, 3.05) is 0 Å². The number of aliphatic carboxylic acids is 1. The Morgan fingerprint density at radius 3 is 2.45 bits per heavy atom. The molecule has 0 spiro atoms. The number of nitrogens with one attached hydrogen (secondary N) is 1. The Balaban J connectivity index is 1.30. The minimum Gasteiger partial charge on any atom is -0.478 e. The number of nitrogens with zero attached hydrogens (tertiary/aromatic N) is 1. The highest BCUT2D eigenvalue weighted by molar-refractivity contribution is 5.76. The van der Waals surface area contributed by atoms with E-state index in [4.69, 9.17) is 9.15 Å². The third-order valence-corrected chi connectivity index (χ3v) is 6.14. The molecule has 0 radical (unpaired) electrons. The Bertz CT molecular complexity index is 1000. The number of fused-ring (bicyclic) bond motifs is 1. The number of para-hydroxylation sites is 2. The van der Waals surface area contributed by atoms with Gasteiger partial charge in [0.1, 0.15) is 11.3 Å². The van der Waals surface area contributed by atoms with Crippen molar-refractivity contribution in [3.8, 4) is 5.75 Å². The number of carboxylic acids is 1. The largest absolute Gasteiger partial charge is 0.478 e. The smallest absolute Gasteiger partial charge is 0.347 e. The van der Waals surface area contributed by atoms with Crippen LogP contribution in [-0.4, -0.2) is 27.7 Å². The predicted molar refractivity (Wildman–Crippen MR) is 119 cm³/mol. The average Bonchev–Trinajstić information content (AvgIpc) is 3.18. The van der Waals surface area contributed by atoms with Crippen molar-refractivity contribution in [2.24, 2.45) is 0 Å². The first-order valence-corrected chi connectivity index (χ1v) is 11.0. The first-order chi connectivity index (χ1) is 14.8. The third-order valence-electron chi connectivity index (χ3n) is 6.14. The maximum absolute atomic E-state index is 11.2. The number of benzene rings is 2. The highest BCUT2D eigenvalue weighted by Gasteiger charge is 2.29. The first kappa shape index (κ1) is 21.4. The van der Waals surface area contributed by atoms with Crippen molar-refractivity contribution in [3.05, 3.63) is 60.0 Å². The van der Waals surface area contributed by atoms with Gasteiger partial charge in [0.25, 0.3) is 0 Å². The molecule has 1 saturated carbocycles. The highest BCUT2D eigenvalue weighted by Crippen LogP contribution is 2.34. The first-order valence-electron chi connectivity index (χ1n) is 11.0. The molecule has 2 aromatic carbocycles. The summed E-state index contributed by atoms with van der Waals surface area (Å²) < 4.78 is 11.6. The fourth-order valence-electron chi connectivity index (χ4n) is 4.18. The van der Waals surface area contributed by atoms with Crippen LogP contribution in [0.5, 0.6) is 5.75 Å². The molecule has 1 atom stereocenters. The van der Waals surface area contributed by atoms with E-state index in [1.807, 2.05) is 48.5 Å². The van der Waals surface area contributed by atoms with Crippen LogP contribution < -0.4 is 10.1 Å². The van der Waals surface area contributed by atoms with E-state index in [0.717, 1.165) is 48.2 Å². The lowest BCUT2D eigenvalue weighted by atomic mass is 9.85. The van der Waals surface area contributed by atoms with Crippen LogP contribution in [0.25, 0.3) is 11.1 Å². The summed E-state index contributed by atoms with van der Waals surface area (Å²) in [5.74, 6) is 0.824. The second kappa shape index (κ2) is 8.71. The lowest BCUT2D eigenvalue weighted by Crippen LogP contribution is -2.37. The number of carbonyl (C=O) groups is 1. The van der Waals surface area contributed by atoms with E-state index >= 15 is 0 Å². The number of aromatic nitrogens is 1. The van der Waals surface area contributed by atoms with E-state index in [1.165, 1.54) is 0 Å². The molecule has 6 nitrogen and oxygen atoms in total. The Kier molecular flexibility index (Phi) is 6.01. The summed E-state index contributed by atoms with van der Waals surface area (Å²) in [4.78, 5) is 15.9. The molecule has 0 aliphatic heterocycles. The number of rotatable bonds is 7. The van der Waals surface area contributed by atoms with Gasteiger partial charge in [-0.1, -0.05) is 24.3 Å². The summed E-state index contributed by atoms with van der Waals surface area (Å²) in [7, 11) is 0. The normalized spacial score (nSPS) is 20.5. The van der Waals surface area contributed by atoms with Crippen molar-refractivity contribution in [2.45, 2.75) is 70.1 Å². The molecule has 1 heterocycles. The molecule has 1 unspecified atom stereocenters. The van der Waals surface area contributed by atoms with Gasteiger partial charge in [-0.25, -0.2) is 9.78 Å². The molecular weight excluding hydrogens is 392 g/mol. The van der Waals surface area contributed by atoms with Crippen LogP contribution in [-0.2, 0) is 4.79 Å². The molecule has 0 amide bonds. The standard InChI is InChI=1S/C25H30N2O4/c1-16(17-10-14-20(15-11-17)31-25(2,3)24(28)29)26-19-12-8-18(9-13-19)23-27-21-6-4-5-7-22(21)30-23/h4-7,10-11,14-16,18-19,26H,8-9,12-13H2,1-3H3,(H,28,29). The number of carboxylic acid groups (broad SMARTS) is 1. The molecule has 1 aliphatic rings. The SMILES string of the molecule is CC(NC1CCC(c2nc3ccccc3o2)CC1)c1ccc(OC(C)(C)C(=O)O)cc1. The zero-order valence-electron chi connectivity index (χ0n) is 18.3. The fraction of sp³-hybridized carbons (Fsp3) is 0.440. The van der Waals surface area contributed by atoms with E-state index in [0.29, 0.717) is 17.7 Å². The molecule has 0 saturated heterocycles. The van der Waals surface area contributed by atoms with E-state index < -0.39 is 11.6 Å². The number of hydrogen-bond acceptors (Lipinski definition) is 5. The van der Waals surface area contributed by atoms with Gasteiger partial charge in [0.05, 0.1) is 0 Å². The molecule has 2 N–H and O–H groups in total. The van der Waals surface area contributed by atoms with Gasteiger partial charge in [0.15, 0.2) is 17.1 Å². The van der Waals surface area contributed by atoms with Crippen molar-refractivity contribution in [1.82, 2.24) is 10.3 Å². The van der Waals surface area contributed by atoms with Crippen LogP contribution in [0.4, 0.5) is 0 Å². The van der Waals surface area contributed by atoms with E-state index in [-0.39, 0.29) is 6.04 Å². The van der Waals surface area contributed by atoms with E-state index in [2.05, 4.69) is 17.2 Å². The van der Waals surface area contributed by atoms with Gasteiger partial charge in [0.2, 0.25) is 0 Å². The van der Waals surface area contributed by atoms with Gasteiger partial charge in [-0.2, -0.15) is 0 Å². The minimum atomic E-state index is -1.25. The molecule has 4 rings (SSSR count). The number of oxazole rings is 1. The molecule has 31 heavy (non-hydrogen) atoms. The summed E-state index contributed by atoms with van der Waals surface area (Å²) in [5.41, 5.74) is 1.70. The monoisotopic (exact) mass is 422 g/mol. The molecule has 164 valence electrons. The molecule has 1 fully saturated rings. The predicted octanol–water partition coefficient (Wildman–Crippen LogP) is 5.45. The van der Waals surface area contributed by atoms with Crippen molar-refractivity contribution < 1.29 is 19.1 Å². The Labute approximate surface area is 182 Å². The highest BCUT2D eigenvalue weighted by atomic mass is 16.5. The van der Waals surface area contributed by atoms with Gasteiger partial charge in [-0.05, 0) is 76.3 Å².